The van der Waals surface area contributed by atoms with Gasteiger partial charge in [-0.05, 0) is 0 Å². The molecule has 0 spiro atoms. The van der Waals surface area contributed by atoms with Crippen molar-refractivity contribution in [1.82, 2.24) is 10.2 Å². The molecule has 82 valence electrons. The van der Waals surface area contributed by atoms with Crippen molar-refractivity contribution in [2.45, 2.75) is 0 Å². The lowest BCUT2D eigenvalue weighted by Gasteiger charge is -2.25. The number of nitrogens with zero attached hydrogens (tertiary/aromatic N) is 1. The fourth-order valence-corrected chi connectivity index (χ4v) is 1.25. The van der Waals surface area contributed by atoms with Crippen LogP contribution in [-0.2, 0) is 9.53 Å². The fourth-order valence-electron chi connectivity index (χ4n) is 1.25. The van der Waals surface area contributed by atoms with Gasteiger partial charge in [0.25, 0.3) is 0 Å². The summed E-state index contributed by atoms with van der Waals surface area (Å²) >= 11 is 0. The number of piperazine rings is 1. The topological polar surface area (TPSA) is 41.6 Å². The average molecular weight is 221 g/mol. The summed E-state index contributed by atoms with van der Waals surface area (Å²) in [6, 6.07) is 0. The van der Waals surface area contributed by atoms with E-state index in [9.17, 15) is 4.79 Å². The highest BCUT2D eigenvalue weighted by molar-refractivity contribution is 5.85. The molecule has 0 aromatic carbocycles. The third-order valence-corrected chi connectivity index (χ3v) is 1.92. The summed E-state index contributed by atoms with van der Waals surface area (Å²) in [5.74, 6) is -0.165. The number of nitrogens with one attached hydrogen (secondary N) is 1. The van der Waals surface area contributed by atoms with E-state index in [1.807, 2.05) is 0 Å². The molecule has 0 aliphatic carbocycles. The van der Waals surface area contributed by atoms with E-state index in [1.165, 1.54) is 0 Å². The smallest absolute Gasteiger partial charge is 0.320 e. The van der Waals surface area contributed by atoms with Crippen LogP contribution in [0.1, 0.15) is 0 Å². The highest BCUT2D eigenvalue weighted by Crippen LogP contribution is 1.92. The largest absolute Gasteiger partial charge is 0.461 e. The first-order valence-corrected chi connectivity index (χ1v) is 4.52. The van der Waals surface area contributed by atoms with Gasteiger partial charge in [0.05, 0.1) is 6.54 Å². The van der Waals surface area contributed by atoms with Crippen LogP contribution in [-0.4, -0.2) is 50.2 Å². The SMILES string of the molecule is C=CCOC(=O)CN1CCNCC1.Cl. The fraction of sp³-hybridized carbons (Fsp3) is 0.667. The zero-order valence-electron chi connectivity index (χ0n) is 8.20. The molecule has 0 saturated carbocycles. The Labute approximate surface area is 90.7 Å². The van der Waals surface area contributed by atoms with Crippen LogP contribution in [0.3, 0.4) is 0 Å². The standard InChI is InChI=1S/C9H16N2O2.ClH/c1-2-7-13-9(12)8-11-5-3-10-4-6-11;/h2,10H,1,3-8H2;1H. The predicted octanol–water partition coefficient (Wildman–Crippen LogP) is 0.0426. The molecule has 0 amide bonds. The average Bonchev–Trinajstić information content (AvgIpc) is 2.16. The van der Waals surface area contributed by atoms with E-state index >= 15 is 0 Å². The molecule has 0 radical (unpaired) electrons. The van der Waals surface area contributed by atoms with Crippen molar-refractivity contribution in [3.8, 4) is 0 Å². The molecule has 1 aliphatic rings. The van der Waals surface area contributed by atoms with Crippen molar-refractivity contribution in [3.63, 3.8) is 0 Å². The maximum Gasteiger partial charge on any atom is 0.320 e. The quantitative estimate of drug-likeness (QED) is 0.537. The molecule has 5 heteroatoms. The van der Waals surface area contributed by atoms with E-state index in [4.69, 9.17) is 4.74 Å². The van der Waals surface area contributed by atoms with Crippen molar-refractivity contribution in [1.29, 1.82) is 0 Å². The number of carbonyl (C=O) groups is 1. The van der Waals surface area contributed by atoms with Gasteiger partial charge in [0.2, 0.25) is 0 Å². The lowest BCUT2D eigenvalue weighted by Crippen LogP contribution is -2.45. The summed E-state index contributed by atoms with van der Waals surface area (Å²) < 4.78 is 4.87. The summed E-state index contributed by atoms with van der Waals surface area (Å²) in [5, 5.41) is 3.22. The summed E-state index contributed by atoms with van der Waals surface area (Å²) in [7, 11) is 0. The number of hydrogen-bond donors (Lipinski definition) is 1. The van der Waals surface area contributed by atoms with Gasteiger partial charge in [0.15, 0.2) is 0 Å². The zero-order valence-corrected chi connectivity index (χ0v) is 9.02. The Balaban J connectivity index is 0.00000169. The van der Waals surface area contributed by atoms with Crippen molar-refractivity contribution in [3.05, 3.63) is 12.7 Å². The molecule has 1 saturated heterocycles. The van der Waals surface area contributed by atoms with E-state index in [0.29, 0.717) is 13.2 Å². The van der Waals surface area contributed by atoms with Crippen LogP contribution >= 0.6 is 12.4 Å². The molecule has 1 N–H and O–H groups in total. The Morgan fingerprint density at radius 2 is 2.14 bits per heavy atom. The Morgan fingerprint density at radius 1 is 1.50 bits per heavy atom. The van der Waals surface area contributed by atoms with Crippen LogP contribution in [0.15, 0.2) is 12.7 Å². The summed E-state index contributed by atoms with van der Waals surface area (Å²) in [5.41, 5.74) is 0. The Hall–Kier alpha value is -0.580. The normalized spacial score (nSPS) is 16.9. The molecule has 1 rings (SSSR count). The minimum absolute atomic E-state index is 0. The second-order valence-corrected chi connectivity index (χ2v) is 3.00. The van der Waals surface area contributed by atoms with E-state index in [2.05, 4.69) is 16.8 Å². The number of carbonyl (C=O) groups excluding carboxylic acids is 1. The van der Waals surface area contributed by atoms with E-state index < -0.39 is 0 Å². The first-order chi connectivity index (χ1) is 6.33. The number of ether oxygens (including phenoxy) is 1. The minimum atomic E-state index is -0.165. The minimum Gasteiger partial charge on any atom is -0.461 e. The maximum atomic E-state index is 11.1. The molecule has 0 unspecified atom stereocenters. The molecular weight excluding hydrogens is 204 g/mol. The second kappa shape index (κ2) is 7.79. The highest BCUT2D eigenvalue weighted by atomic mass is 35.5. The summed E-state index contributed by atoms with van der Waals surface area (Å²) in [6.45, 7) is 7.93. The maximum absolute atomic E-state index is 11.1. The lowest BCUT2D eigenvalue weighted by molar-refractivity contribution is -0.143. The first kappa shape index (κ1) is 13.4. The number of halogens is 1. The first-order valence-electron chi connectivity index (χ1n) is 4.52. The molecule has 1 aliphatic heterocycles. The van der Waals surface area contributed by atoms with E-state index in [-0.39, 0.29) is 18.4 Å². The third kappa shape index (κ3) is 5.21. The van der Waals surface area contributed by atoms with Gasteiger partial charge in [-0.2, -0.15) is 0 Å². The van der Waals surface area contributed by atoms with Gasteiger partial charge in [-0.1, -0.05) is 12.7 Å². The number of rotatable bonds is 4. The molecule has 14 heavy (non-hydrogen) atoms. The molecule has 1 heterocycles. The summed E-state index contributed by atoms with van der Waals surface area (Å²) in [6.07, 6.45) is 1.58. The van der Waals surface area contributed by atoms with Gasteiger partial charge < -0.3 is 10.1 Å². The van der Waals surface area contributed by atoms with Crippen LogP contribution < -0.4 is 5.32 Å². The number of esters is 1. The van der Waals surface area contributed by atoms with Crippen LogP contribution in [0, 0.1) is 0 Å². The summed E-state index contributed by atoms with van der Waals surface area (Å²) in [4.78, 5) is 13.2. The van der Waals surface area contributed by atoms with Crippen molar-refractivity contribution >= 4 is 18.4 Å². The molecule has 0 aromatic heterocycles. The Bertz CT molecular complexity index is 182. The van der Waals surface area contributed by atoms with Crippen molar-refractivity contribution in [2.75, 3.05) is 39.3 Å². The van der Waals surface area contributed by atoms with Gasteiger partial charge in [0.1, 0.15) is 6.61 Å². The van der Waals surface area contributed by atoms with Gasteiger partial charge in [-0.3, -0.25) is 9.69 Å². The molecule has 0 bridgehead atoms. The van der Waals surface area contributed by atoms with Gasteiger partial charge >= 0.3 is 5.97 Å². The molecular formula is C9H17ClN2O2. The molecule has 0 aromatic rings. The van der Waals surface area contributed by atoms with Gasteiger partial charge in [-0.25, -0.2) is 0 Å². The van der Waals surface area contributed by atoms with Crippen LogP contribution in [0.4, 0.5) is 0 Å². The zero-order chi connectivity index (χ0) is 9.52. The van der Waals surface area contributed by atoms with Crippen LogP contribution in [0.25, 0.3) is 0 Å². The van der Waals surface area contributed by atoms with E-state index in [0.717, 1.165) is 26.2 Å². The molecule has 4 nitrogen and oxygen atoms in total. The van der Waals surface area contributed by atoms with E-state index in [1.54, 1.807) is 6.08 Å². The van der Waals surface area contributed by atoms with Crippen molar-refractivity contribution in [2.24, 2.45) is 0 Å². The molecule has 0 atom stereocenters. The van der Waals surface area contributed by atoms with Crippen LogP contribution in [0.2, 0.25) is 0 Å². The second-order valence-electron chi connectivity index (χ2n) is 3.00. The molecule has 1 fully saturated rings. The number of hydrogen-bond acceptors (Lipinski definition) is 4. The van der Waals surface area contributed by atoms with Gasteiger partial charge in [-0.15, -0.1) is 12.4 Å². The van der Waals surface area contributed by atoms with Gasteiger partial charge in [0, 0.05) is 26.2 Å². The van der Waals surface area contributed by atoms with Crippen LogP contribution in [0.5, 0.6) is 0 Å². The van der Waals surface area contributed by atoms with Crippen molar-refractivity contribution < 1.29 is 9.53 Å². The Kier molecular flexibility index (Phi) is 7.47. The monoisotopic (exact) mass is 220 g/mol. The highest BCUT2D eigenvalue weighted by Gasteiger charge is 2.13. The lowest BCUT2D eigenvalue weighted by atomic mass is 10.3. The third-order valence-electron chi connectivity index (χ3n) is 1.92. The Morgan fingerprint density at radius 3 is 2.71 bits per heavy atom. The predicted molar refractivity (Wildman–Crippen MR) is 57.7 cm³/mol.